The number of benzene rings is 2. The van der Waals surface area contributed by atoms with Gasteiger partial charge in [0.15, 0.2) is 0 Å². The fraction of sp³-hybridized carbons (Fsp3) is 0.368. The minimum absolute atomic E-state index is 0.407. The van der Waals surface area contributed by atoms with Gasteiger partial charge in [-0.05, 0) is 17.2 Å². The molecule has 2 N–H and O–H groups in total. The predicted molar refractivity (Wildman–Crippen MR) is 90.5 cm³/mol. The first-order valence-corrected chi connectivity index (χ1v) is 7.93. The Hall–Kier alpha value is -1.88. The van der Waals surface area contributed by atoms with Crippen LogP contribution in [0.2, 0.25) is 0 Å². The van der Waals surface area contributed by atoms with Gasteiger partial charge in [-0.3, -0.25) is 0 Å². The van der Waals surface area contributed by atoms with Crippen LogP contribution in [0.15, 0.2) is 48.5 Å². The van der Waals surface area contributed by atoms with Crippen LogP contribution in [0, 0.1) is 0 Å². The largest absolute Gasteiger partial charge is 0.496 e. The zero-order valence-electron chi connectivity index (χ0n) is 13.4. The Morgan fingerprint density at radius 3 is 2.70 bits per heavy atom. The van der Waals surface area contributed by atoms with Crippen molar-refractivity contribution in [1.82, 2.24) is 5.32 Å². The van der Waals surface area contributed by atoms with Crippen LogP contribution in [0.1, 0.15) is 12.0 Å². The molecule has 0 aromatic heterocycles. The second-order valence-electron chi connectivity index (χ2n) is 6.02. The Labute approximate surface area is 137 Å². The molecule has 0 spiro atoms. The zero-order valence-corrected chi connectivity index (χ0v) is 13.4. The Morgan fingerprint density at radius 1 is 1.17 bits per heavy atom. The topological polar surface area (TPSA) is 50.7 Å². The summed E-state index contributed by atoms with van der Waals surface area (Å²) in [6, 6.07) is 16.5. The maximum atomic E-state index is 10.3. The quantitative estimate of drug-likeness (QED) is 0.861. The number of hydrogen-bond acceptors (Lipinski definition) is 4. The Bertz CT molecular complexity index is 636. The van der Waals surface area contributed by atoms with Gasteiger partial charge in [0.05, 0.1) is 13.7 Å². The molecule has 1 heterocycles. The van der Waals surface area contributed by atoms with Crippen LogP contribution in [-0.2, 0) is 11.3 Å². The van der Waals surface area contributed by atoms with Crippen molar-refractivity contribution in [3.8, 4) is 16.9 Å². The molecule has 1 fully saturated rings. The fourth-order valence-corrected chi connectivity index (χ4v) is 2.87. The second kappa shape index (κ2) is 7.13. The van der Waals surface area contributed by atoms with E-state index < -0.39 is 5.60 Å². The van der Waals surface area contributed by atoms with Crippen molar-refractivity contribution in [2.45, 2.75) is 18.6 Å². The Morgan fingerprint density at radius 2 is 2.00 bits per heavy atom. The lowest BCUT2D eigenvalue weighted by atomic mass is 10.0. The first-order chi connectivity index (χ1) is 11.2. The third kappa shape index (κ3) is 3.91. The van der Waals surface area contributed by atoms with Crippen LogP contribution >= 0.6 is 0 Å². The summed E-state index contributed by atoms with van der Waals surface area (Å²) >= 11 is 0. The molecule has 0 radical (unpaired) electrons. The standard InChI is InChI=1S/C19H23NO3/c1-22-18-11-16(15-5-3-2-4-6-15)7-8-17(18)12-20-13-19(21)9-10-23-14-19/h2-8,11,20-21H,9-10,12-14H2,1H3/t19-/m1/s1. The molecule has 4 nitrogen and oxygen atoms in total. The monoisotopic (exact) mass is 313 g/mol. The normalized spacial score (nSPS) is 20.6. The van der Waals surface area contributed by atoms with E-state index in [1.807, 2.05) is 18.2 Å². The minimum atomic E-state index is -0.739. The molecule has 1 aliphatic rings. The van der Waals surface area contributed by atoms with E-state index in [4.69, 9.17) is 9.47 Å². The van der Waals surface area contributed by atoms with Crippen LogP contribution in [0.4, 0.5) is 0 Å². The van der Waals surface area contributed by atoms with E-state index in [9.17, 15) is 5.11 Å². The van der Waals surface area contributed by atoms with Crippen molar-refractivity contribution in [3.05, 3.63) is 54.1 Å². The van der Waals surface area contributed by atoms with E-state index in [1.165, 1.54) is 5.56 Å². The predicted octanol–water partition coefficient (Wildman–Crippen LogP) is 2.60. The lowest BCUT2D eigenvalue weighted by molar-refractivity contribution is 0.0268. The van der Waals surface area contributed by atoms with Crippen molar-refractivity contribution < 1.29 is 14.6 Å². The summed E-state index contributed by atoms with van der Waals surface area (Å²) in [7, 11) is 1.69. The fourth-order valence-electron chi connectivity index (χ4n) is 2.87. The van der Waals surface area contributed by atoms with Crippen LogP contribution in [0.3, 0.4) is 0 Å². The lowest BCUT2D eigenvalue weighted by Crippen LogP contribution is -2.40. The van der Waals surface area contributed by atoms with E-state index >= 15 is 0 Å². The molecule has 4 heteroatoms. The molecule has 122 valence electrons. The molecule has 0 bridgehead atoms. The molecule has 1 atom stereocenters. The van der Waals surface area contributed by atoms with E-state index in [2.05, 4.69) is 35.6 Å². The Balaban J connectivity index is 1.67. The first kappa shape index (κ1) is 16.0. The van der Waals surface area contributed by atoms with Gasteiger partial charge in [0.2, 0.25) is 0 Å². The lowest BCUT2D eigenvalue weighted by Gasteiger charge is -2.21. The van der Waals surface area contributed by atoms with Gasteiger partial charge in [0, 0.05) is 31.7 Å². The highest BCUT2D eigenvalue weighted by molar-refractivity contribution is 5.66. The molecule has 2 aromatic carbocycles. The third-order valence-corrected chi connectivity index (χ3v) is 4.25. The molecular weight excluding hydrogens is 290 g/mol. The number of methoxy groups -OCH3 is 1. The first-order valence-electron chi connectivity index (χ1n) is 7.93. The number of aliphatic hydroxyl groups is 1. The van der Waals surface area contributed by atoms with Crippen LogP contribution < -0.4 is 10.1 Å². The zero-order chi connectivity index (χ0) is 16.1. The van der Waals surface area contributed by atoms with E-state index in [0.717, 1.165) is 16.9 Å². The molecule has 23 heavy (non-hydrogen) atoms. The number of ether oxygens (including phenoxy) is 2. The number of hydrogen-bond donors (Lipinski definition) is 2. The maximum Gasteiger partial charge on any atom is 0.123 e. The van der Waals surface area contributed by atoms with Gasteiger partial charge in [-0.2, -0.15) is 0 Å². The SMILES string of the molecule is COc1cc(-c2ccccc2)ccc1CNC[C@]1(O)CCOC1. The maximum absolute atomic E-state index is 10.3. The van der Waals surface area contributed by atoms with E-state index in [0.29, 0.717) is 32.7 Å². The van der Waals surface area contributed by atoms with Crippen molar-refractivity contribution >= 4 is 0 Å². The van der Waals surface area contributed by atoms with Gasteiger partial charge in [-0.25, -0.2) is 0 Å². The van der Waals surface area contributed by atoms with E-state index in [1.54, 1.807) is 7.11 Å². The molecular formula is C19H23NO3. The van der Waals surface area contributed by atoms with Crippen LogP contribution in [0.25, 0.3) is 11.1 Å². The average molecular weight is 313 g/mol. The smallest absolute Gasteiger partial charge is 0.123 e. The van der Waals surface area contributed by atoms with Gasteiger partial charge < -0.3 is 19.9 Å². The van der Waals surface area contributed by atoms with Gasteiger partial charge in [-0.15, -0.1) is 0 Å². The molecule has 1 aliphatic heterocycles. The summed E-state index contributed by atoms with van der Waals surface area (Å²) in [6.07, 6.45) is 0.685. The molecule has 1 saturated heterocycles. The summed E-state index contributed by atoms with van der Waals surface area (Å²) in [5, 5.41) is 13.6. The van der Waals surface area contributed by atoms with Gasteiger partial charge in [-0.1, -0.05) is 42.5 Å². The van der Waals surface area contributed by atoms with Gasteiger partial charge in [0.1, 0.15) is 11.4 Å². The molecule has 0 saturated carbocycles. The summed E-state index contributed by atoms with van der Waals surface area (Å²) in [6.45, 7) is 2.22. The van der Waals surface area contributed by atoms with Gasteiger partial charge in [0.25, 0.3) is 0 Å². The van der Waals surface area contributed by atoms with Gasteiger partial charge >= 0.3 is 0 Å². The summed E-state index contributed by atoms with van der Waals surface area (Å²) in [5.74, 6) is 0.855. The van der Waals surface area contributed by atoms with Crippen molar-refractivity contribution in [2.75, 3.05) is 26.9 Å². The number of nitrogens with one attached hydrogen (secondary N) is 1. The van der Waals surface area contributed by atoms with E-state index in [-0.39, 0.29) is 0 Å². The van der Waals surface area contributed by atoms with Crippen molar-refractivity contribution in [1.29, 1.82) is 0 Å². The van der Waals surface area contributed by atoms with Crippen LogP contribution in [-0.4, -0.2) is 37.6 Å². The third-order valence-electron chi connectivity index (χ3n) is 4.25. The Kier molecular flexibility index (Phi) is 4.96. The van der Waals surface area contributed by atoms with Crippen molar-refractivity contribution in [2.24, 2.45) is 0 Å². The number of rotatable bonds is 6. The highest BCUT2D eigenvalue weighted by Crippen LogP contribution is 2.27. The van der Waals surface area contributed by atoms with Crippen LogP contribution in [0.5, 0.6) is 5.75 Å². The molecule has 3 rings (SSSR count). The summed E-state index contributed by atoms with van der Waals surface area (Å²) < 4.78 is 10.8. The molecule has 0 aliphatic carbocycles. The summed E-state index contributed by atoms with van der Waals surface area (Å²) in [4.78, 5) is 0. The molecule has 0 amide bonds. The minimum Gasteiger partial charge on any atom is -0.496 e. The molecule has 0 unspecified atom stereocenters. The van der Waals surface area contributed by atoms with Crippen molar-refractivity contribution in [3.63, 3.8) is 0 Å². The highest BCUT2D eigenvalue weighted by Gasteiger charge is 2.31. The summed E-state index contributed by atoms with van der Waals surface area (Å²) in [5.41, 5.74) is 2.64. The molecule has 2 aromatic rings. The second-order valence-corrected chi connectivity index (χ2v) is 6.02. The average Bonchev–Trinajstić information content (AvgIpc) is 3.02. The highest BCUT2D eigenvalue weighted by atomic mass is 16.5.